The molecule has 29 heavy (non-hydrogen) atoms. The van der Waals surface area contributed by atoms with Crippen molar-refractivity contribution in [2.45, 2.75) is 24.7 Å². The molecule has 1 unspecified atom stereocenters. The molecule has 156 valence electrons. The van der Waals surface area contributed by atoms with Crippen LogP contribution in [0.3, 0.4) is 0 Å². The fourth-order valence-electron chi connectivity index (χ4n) is 3.37. The number of amides is 1. The van der Waals surface area contributed by atoms with E-state index in [-0.39, 0.29) is 23.1 Å². The minimum Gasteiger partial charge on any atom is -0.495 e. The molecule has 1 atom stereocenters. The quantitative estimate of drug-likeness (QED) is 0.725. The van der Waals surface area contributed by atoms with Gasteiger partial charge in [-0.25, -0.2) is 8.42 Å². The monoisotopic (exact) mass is 456 g/mol. The van der Waals surface area contributed by atoms with Crippen LogP contribution >= 0.6 is 23.2 Å². The molecule has 1 heterocycles. The number of carbonyl (C=O) groups excluding carboxylic acids is 1. The van der Waals surface area contributed by atoms with Gasteiger partial charge >= 0.3 is 0 Å². The van der Waals surface area contributed by atoms with Crippen molar-refractivity contribution in [1.29, 1.82) is 0 Å². The molecule has 0 spiro atoms. The third kappa shape index (κ3) is 5.04. The van der Waals surface area contributed by atoms with Crippen LogP contribution in [0, 0.1) is 12.8 Å². The minimum atomic E-state index is -3.79. The number of aryl methyl sites for hydroxylation is 1. The number of ether oxygens (including phenoxy) is 1. The Morgan fingerprint density at radius 1 is 1.17 bits per heavy atom. The van der Waals surface area contributed by atoms with Gasteiger partial charge in [-0.05, 0) is 55.7 Å². The Balaban J connectivity index is 1.79. The molecule has 1 fully saturated rings. The first-order valence-corrected chi connectivity index (χ1v) is 11.3. The number of halogens is 2. The van der Waals surface area contributed by atoms with Crippen molar-refractivity contribution in [3.63, 3.8) is 0 Å². The summed E-state index contributed by atoms with van der Waals surface area (Å²) in [4.78, 5) is 12.8. The number of carbonyl (C=O) groups is 1. The highest BCUT2D eigenvalue weighted by molar-refractivity contribution is 7.89. The maximum absolute atomic E-state index is 13.2. The average Bonchev–Trinajstić information content (AvgIpc) is 2.67. The van der Waals surface area contributed by atoms with E-state index in [0.717, 1.165) is 5.56 Å². The van der Waals surface area contributed by atoms with Crippen LogP contribution < -0.4 is 10.1 Å². The molecule has 1 saturated heterocycles. The summed E-state index contributed by atoms with van der Waals surface area (Å²) in [5.74, 6) is -0.456. The van der Waals surface area contributed by atoms with Crippen molar-refractivity contribution in [3.8, 4) is 5.75 Å². The summed E-state index contributed by atoms with van der Waals surface area (Å²) >= 11 is 12.0. The van der Waals surface area contributed by atoms with Crippen LogP contribution in [0.2, 0.25) is 10.0 Å². The number of piperidine rings is 1. The first-order chi connectivity index (χ1) is 13.7. The van der Waals surface area contributed by atoms with Crippen LogP contribution in [-0.2, 0) is 14.8 Å². The van der Waals surface area contributed by atoms with Crippen LogP contribution in [0.1, 0.15) is 18.4 Å². The van der Waals surface area contributed by atoms with Gasteiger partial charge in [-0.15, -0.1) is 0 Å². The normalized spacial score (nSPS) is 17.7. The molecule has 3 rings (SSSR count). The predicted octanol–water partition coefficient (Wildman–Crippen LogP) is 4.35. The summed E-state index contributed by atoms with van der Waals surface area (Å²) in [5, 5.41) is 3.60. The molecule has 0 aromatic heterocycles. The Kier molecular flexibility index (Phi) is 6.73. The van der Waals surface area contributed by atoms with Crippen LogP contribution in [0.5, 0.6) is 5.75 Å². The van der Waals surface area contributed by atoms with E-state index < -0.39 is 15.9 Å². The Bertz CT molecular complexity index is 1010. The number of methoxy groups -OCH3 is 1. The van der Waals surface area contributed by atoms with E-state index in [1.165, 1.54) is 11.4 Å². The lowest BCUT2D eigenvalue weighted by molar-refractivity contribution is -0.120. The molecule has 0 radical (unpaired) electrons. The van der Waals surface area contributed by atoms with Crippen molar-refractivity contribution in [3.05, 3.63) is 52.0 Å². The van der Waals surface area contributed by atoms with Crippen LogP contribution in [0.15, 0.2) is 41.3 Å². The van der Waals surface area contributed by atoms with Crippen molar-refractivity contribution < 1.29 is 17.9 Å². The number of nitrogens with one attached hydrogen (secondary N) is 1. The Morgan fingerprint density at radius 2 is 1.86 bits per heavy atom. The maximum Gasteiger partial charge on any atom is 0.246 e. The molecular weight excluding hydrogens is 435 g/mol. The highest BCUT2D eigenvalue weighted by Crippen LogP contribution is 2.31. The van der Waals surface area contributed by atoms with Gasteiger partial charge in [-0.1, -0.05) is 29.3 Å². The molecule has 0 saturated carbocycles. The van der Waals surface area contributed by atoms with Gasteiger partial charge in [-0.2, -0.15) is 4.31 Å². The van der Waals surface area contributed by atoms with Gasteiger partial charge in [-0.3, -0.25) is 4.79 Å². The number of hydrogen-bond acceptors (Lipinski definition) is 4. The third-order valence-corrected chi connectivity index (χ3v) is 7.14. The molecule has 1 N–H and O–H groups in total. The molecule has 0 bridgehead atoms. The molecule has 2 aromatic carbocycles. The van der Waals surface area contributed by atoms with Crippen LogP contribution in [0.4, 0.5) is 5.69 Å². The summed E-state index contributed by atoms with van der Waals surface area (Å²) in [6.45, 7) is 2.27. The second kappa shape index (κ2) is 8.92. The SMILES string of the molecule is COc1ccc(C)cc1S(=O)(=O)N1CCCC(C(=O)Nc2cc(Cl)cc(Cl)c2)C1. The van der Waals surface area contributed by atoms with Crippen LogP contribution in [-0.4, -0.2) is 38.8 Å². The van der Waals surface area contributed by atoms with Gasteiger partial charge in [0.2, 0.25) is 15.9 Å². The molecule has 0 aliphatic carbocycles. The van der Waals surface area contributed by atoms with E-state index in [2.05, 4.69) is 5.32 Å². The zero-order valence-corrected chi connectivity index (χ0v) is 18.4. The number of nitrogens with zero attached hydrogens (tertiary/aromatic N) is 1. The van der Waals surface area contributed by atoms with E-state index in [1.54, 1.807) is 36.4 Å². The maximum atomic E-state index is 13.2. The lowest BCUT2D eigenvalue weighted by Crippen LogP contribution is -2.43. The Morgan fingerprint density at radius 3 is 2.52 bits per heavy atom. The largest absolute Gasteiger partial charge is 0.495 e. The fraction of sp³-hybridized carbons (Fsp3) is 0.350. The van der Waals surface area contributed by atoms with E-state index in [4.69, 9.17) is 27.9 Å². The highest BCUT2D eigenvalue weighted by atomic mass is 35.5. The minimum absolute atomic E-state index is 0.0968. The zero-order valence-electron chi connectivity index (χ0n) is 16.1. The van der Waals surface area contributed by atoms with E-state index in [1.807, 2.05) is 6.92 Å². The molecule has 1 aliphatic rings. The number of rotatable bonds is 5. The lowest BCUT2D eigenvalue weighted by Gasteiger charge is -2.31. The fourth-order valence-corrected chi connectivity index (χ4v) is 5.66. The second-order valence-corrected chi connectivity index (χ2v) is 9.78. The molecule has 6 nitrogen and oxygen atoms in total. The number of sulfonamides is 1. The predicted molar refractivity (Wildman–Crippen MR) is 114 cm³/mol. The van der Waals surface area contributed by atoms with Gasteiger partial charge < -0.3 is 10.1 Å². The van der Waals surface area contributed by atoms with Crippen molar-refractivity contribution >= 4 is 44.8 Å². The molecule has 1 amide bonds. The van der Waals surface area contributed by atoms with Crippen molar-refractivity contribution in [1.82, 2.24) is 4.31 Å². The first-order valence-electron chi connectivity index (χ1n) is 9.12. The summed E-state index contributed by atoms with van der Waals surface area (Å²) in [5.41, 5.74) is 1.29. The summed E-state index contributed by atoms with van der Waals surface area (Å²) < 4.78 is 33.0. The third-order valence-electron chi connectivity index (χ3n) is 4.82. The second-order valence-electron chi connectivity index (χ2n) is 7.00. The highest BCUT2D eigenvalue weighted by Gasteiger charge is 2.35. The Labute approximate surface area is 180 Å². The van der Waals surface area contributed by atoms with Crippen molar-refractivity contribution in [2.75, 3.05) is 25.5 Å². The van der Waals surface area contributed by atoms with E-state index >= 15 is 0 Å². The van der Waals surface area contributed by atoms with E-state index in [9.17, 15) is 13.2 Å². The average molecular weight is 457 g/mol. The van der Waals surface area contributed by atoms with Gasteiger partial charge in [0.25, 0.3) is 0 Å². The van der Waals surface area contributed by atoms with Gasteiger partial charge in [0.1, 0.15) is 10.6 Å². The van der Waals surface area contributed by atoms with Crippen molar-refractivity contribution in [2.24, 2.45) is 5.92 Å². The molecule has 1 aliphatic heterocycles. The topological polar surface area (TPSA) is 75.7 Å². The molecular formula is C20H22Cl2N2O4S. The van der Waals surface area contributed by atoms with Gasteiger partial charge in [0.15, 0.2) is 0 Å². The lowest BCUT2D eigenvalue weighted by atomic mass is 9.99. The van der Waals surface area contributed by atoms with E-state index in [0.29, 0.717) is 35.1 Å². The number of benzene rings is 2. The first kappa shape index (κ1) is 21.9. The van der Waals surface area contributed by atoms with Gasteiger partial charge in [0, 0.05) is 28.8 Å². The summed E-state index contributed by atoms with van der Waals surface area (Å²) in [7, 11) is -2.36. The number of anilines is 1. The van der Waals surface area contributed by atoms with Crippen LogP contribution in [0.25, 0.3) is 0 Å². The number of hydrogen-bond donors (Lipinski definition) is 1. The standard InChI is InChI=1S/C20H22Cl2N2O4S/c1-13-5-6-18(28-2)19(8-13)29(26,27)24-7-3-4-14(12-24)20(25)23-17-10-15(21)9-16(22)11-17/h5-6,8-11,14H,3-4,7,12H2,1-2H3,(H,23,25). The summed E-state index contributed by atoms with van der Waals surface area (Å²) in [6.07, 6.45) is 1.18. The smallest absolute Gasteiger partial charge is 0.246 e. The Hall–Kier alpha value is -1.80. The van der Waals surface area contributed by atoms with Gasteiger partial charge in [0.05, 0.1) is 13.0 Å². The molecule has 9 heteroatoms. The zero-order chi connectivity index (χ0) is 21.2. The molecule has 2 aromatic rings. The summed E-state index contributed by atoms with van der Waals surface area (Å²) in [6, 6.07) is 9.79.